The quantitative estimate of drug-likeness (QED) is 0.300. The van der Waals surface area contributed by atoms with Gasteiger partial charge in [-0.2, -0.15) is 9.97 Å². The van der Waals surface area contributed by atoms with E-state index in [9.17, 15) is 0 Å². The van der Waals surface area contributed by atoms with Gasteiger partial charge in [-0.05, 0) is 56.8 Å². The maximum Gasteiger partial charge on any atom is 0.230 e. The lowest BCUT2D eigenvalue weighted by molar-refractivity contribution is 0.290. The SMILES string of the molecule is CCCCCCOc1nc2nc(OCCCCCC)c(Br)cc2cc1Br. The lowest BCUT2D eigenvalue weighted by Gasteiger charge is -2.11. The first kappa shape index (κ1) is 21.4. The topological polar surface area (TPSA) is 44.2 Å². The molecule has 0 N–H and O–H groups in total. The van der Waals surface area contributed by atoms with Crippen LogP contribution in [0.1, 0.15) is 65.2 Å². The van der Waals surface area contributed by atoms with Crippen LogP contribution in [0.15, 0.2) is 21.1 Å². The average Bonchev–Trinajstić information content (AvgIpc) is 2.62. The van der Waals surface area contributed by atoms with Gasteiger partial charge in [0.1, 0.15) is 0 Å². The standard InChI is InChI=1S/C20H28Br2N2O2/c1-3-5-7-9-11-25-19-16(21)13-15-14-17(22)20(24-18(15)23-19)26-12-10-8-6-4-2/h13-14H,3-12H2,1-2H3. The van der Waals surface area contributed by atoms with E-state index in [1.165, 1.54) is 38.5 Å². The van der Waals surface area contributed by atoms with Crippen LogP contribution in [0.3, 0.4) is 0 Å². The Morgan fingerprint density at radius 1 is 0.731 bits per heavy atom. The number of ether oxygens (including phenoxy) is 2. The van der Waals surface area contributed by atoms with Crippen molar-refractivity contribution in [3.63, 3.8) is 0 Å². The fourth-order valence-electron chi connectivity index (χ4n) is 2.62. The van der Waals surface area contributed by atoms with Gasteiger partial charge in [0.05, 0.1) is 22.2 Å². The zero-order chi connectivity index (χ0) is 18.8. The van der Waals surface area contributed by atoms with Crippen molar-refractivity contribution in [3.8, 4) is 11.8 Å². The van der Waals surface area contributed by atoms with Gasteiger partial charge in [0.25, 0.3) is 0 Å². The van der Waals surface area contributed by atoms with Crippen molar-refractivity contribution in [3.05, 3.63) is 21.1 Å². The summed E-state index contributed by atoms with van der Waals surface area (Å²) in [5.74, 6) is 1.19. The molecule has 0 saturated carbocycles. The molecule has 0 radical (unpaired) electrons. The number of halogens is 2. The van der Waals surface area contributed by atoms with Gasteiger partial charge >= 0.3 is 0 Å². The molecule has 0 atom stereocenters. The van der Waals surface area contributed by atoms with E-state index in [1.54, 1.807) is 0 Å². The predicted molar refractivity (Wildman–Crippen MR) is 114 cm³/mol. The van der Waals surface area contributed by atoms with Crippen molar-refractivity contribution in [2.45, 2.75) is 65.2 Å². The Morgan fingerprint density at radius 3 is 1.62 bits per heavy atom. The number of rotatable bonds is 12. The molecule has 0 aliphatic carbocycles. The van der Waals surface area contributed by atoms with Crippen molar-refractivity contribution in [2.24, 2.45) is 0 Å². The zero-order valence-electron chi connectivity index (χ0n) is 15.7. The fraction of sp³-hybridized carbons (Fsp3) is 0.600. The molecule has 26 heavy (non-hydrogen) atoms. The van der Waals surface area contributed by atoms with E-state index in [2.05, 4.69) is 55.7 Å². The third-order valence-corrected chi connectivity index (χ3v) is 5.26. The number of aromatic nitrogens is 2. The van der Waals surface area contributed by atoms with Crippen LogP contribution in [0.25, 0.3) is 11.0 Å². The minimum absolute atomic E-state index is 0.595. The summed E-state index contributed by atoms with van der Waals surface area (Å²) in [4.78, 5) is 9.14. The molecule has 2 rings (SSSR count). The molecule has 6 heteroatoms. The predicted octanol–water partition coefficient (Wildman–Crippen LogP) is 7.07. The third kappa shape index (κ3) is 6.69. The highest BCUT2D eigenvalue weighted by molar-refractivity contribution is 9.11. The van der Waals surface area contributed by atoms with Crippen molar-refractivity contribution in [1.82, 2.24) is 9.97 Å². The van der Waals surface area contributed by atoms with Crippen molar-refractivity contribution >= 4 is 42.9 Å². The molecular formula is C20H28Br2N2O2. The van der Waals surface area contributed by atoms with E-state index in [4.69, 9.17) is 9.47 Å². The van der Waals surface area contributed by atoms with Crippen LogP contribution in [0.4, 0.5) is 0 Å². The van der Waals surface area contributed by atoms with E-state index < -0.39 is 0 Å². The molecule has 0 aromatic carbocycles. The van der Waals surface area contributed by atoms with E-state index in [0.29, 0.717) is 30.6 Å². The summed E-state index contributed by atoms with van der Waals surface area (Å²) >= 11 is 7.09. The van der Waals surface area contributed by atoms with E-state index in [-0.39, 0.29) is 0 Å². The van der Waals surface area contributed by atoms with Gasteiger partial charge < -0.3 is 9.47 Å². The molecule has 0 aliphatic heterocycles. The third-order valence-electron chi connectivity index (χ3n) is 4.12. The number of hydrogen-bond donors (Lipinski definition) is 0. The summed E-state index contributed by atoms with van der Waals surface area (Å²) in [6, 6.07) is 3.99. The van der Waals surface area contributed by atoms with Crippen LogP contribution in [0, 0.1) is 0 Å². The smallest absolute Gasteiger partial charge is 0.230 e. The second kappa shape index (κ2) is 11.8. The second-order valence-electron chi connectivity index (χ2n) is 6.42. The molecule has 144 valence electrons. The number of fused-ring (bicyclic) bond motifs is 1. The maximum atomic E-state index is 5.84. The first-order valence-electron chi connectivity index (χ1n) is 9.58. The number of nitrogens with zero attached hydrogens (tertiary/aromatic N) is 2. The van der Waals surface area contributed by atoms with Crippen LogP contribution in [-0.2, 0) is 0 Å². The molecule has 2 heterocycles. The van der Waals surface area contributed by atoms with Gasteiger partial charge in [-0.1, -0.05) is 52.4 Å². The summed E-state index contributed by atoms with van der Waals surface area (Å²) < 4.78 is 13.4. The molecule has 0 aliphatic rings. The zero-order valence-corrected chi connectivity index (χ0v) is 18.9. The van der Waals surface area contributed by atoms with Crippen molar-refractivity contribution in [1.29, 1.82) is 0 Å². The molecule has 0 bridgehead atoms. The van der Waals surface area contributed by atoms with Gasteiger partial charge in [0, 0.05) is 5.39 Å². The Morgan fingerprint density at radius 2 is 1.19 bits per heavy atom. The molecule has 0 amide bonds. The minimum atomic E-state index is 0.595. The van der Waals surface area contributed by atoms with E-state index >= 15 is 0 Å². The van der Waals surface area contributed by atoms with E-state index in [1.807, 2.05) is 12.1 Å². The summed E-state index contributed by atoms with van der Waals surface area (Å²) in [5.41, 5.74) is 0.642. The summed E-state index contributed by atoms with van der Waals surface area (Å²) in [7, 11) is 0. The molecule has 2 aromatic heterocycles. The molecule has 2 aromatic rings. The molecule has 0 unspecified atom stereocenters. The van der Waals surface area contributed by atoms with Gasteiger partial charge in [0.15, 0.2) is 5.65 Å². The Bertz CT molecular complexity index is 640. The van der Waals surface area contributed by atoms with Crippen molar-refractivity contribution < 1.29 is 9.47 Å². The minimum Gasteiger partial charge on any atom is -0.477 e. The molecule has 0 spiro atoms. The Labute approximate surface area is 173 Å². The maximum absolute atomic E-state index is 5.84. The summed E-state index contributed by atoms with van der Waals surface area (Å²) in [6.07, 6.45) is 9.37. The Balaban J connectivity index is 2.03. The molecule has 0 fully saturated rings. The average molecular weight is 488 g/mol. The van der Waals surface area contributed by atoms with Crippen LogP contribution in [0.5, 0.6) is 11.8 Å². The normalized spacial score (nSPS) is 11.1. The number of unbranched alkanes of at least 4 members (excludes halogenated alkanes) is 6. The first-order valence-corrected chi connectivity index (χ1v) is 11.2. The van der Waals surface area contributed by atoms with Gasteiger partial charge in [-0.25, -0.2) is 0 Å². The highest BCUT2D eigenvalue weighted by Crippen LogP contribution is 2.31. The number of hydrogen-bond acceptors (Lipinski definition) is 4. The van der Waals surface area contributed by atoms with Crippen LogP contribution in [0.2, 0.25) is 0 Å². The van der Waals surface area contributed by atoms with Crippen molar-refractivity contribution in [2.75, 3.05) is 13.2 Å². The largest absolute Gasteiger partial charge is 0.477 e. The molecule has 4 nitrogen and oxygen atoms in total. The van der Waals surface area contributed by atoms with Crippen LogP contribution in [-0.4, -0.2) is 23.2 Å². The second-order valence-corrected chi connectivity index (χ2v) is 8.12. The Kier molecular flexibility index (Phi) is 9.68. The monoisotopic (exact) mass is 486 g/mol. The van der Waals surface area contributed by atoms with Crippen LogP contribution >= 0.6 is 31.9 Å². The Hall–Kier alpha value is -0.880. The highest BCUT2D eigenvalue weighted by Gasteiger charge is 2.11. The van der Waals surface area contributed by atoms with Gasteiger partial charge in [-0.15, -0.1) is 0 Å². The van der Waals surface area contributed by atoms with E-state index in [0.717, 1.165) is 27.2 Å². The highest BCUT2D eigenvalue weighted by atomic mass is 79.9. The fourth-order valence-corrected chi connectivity index (χ4v) is 3.52. The summed E-state index contributed by atoms with van der Waals surface area (Å²) in [5, 5.41) is 0.945. The number of pyridine rings is 2. The lowest BCUT2D eigenvalue weighted by Crippen LogP contribution is -2.03. The molecule has 0 saturated heterocycles. The lowest BCUT2D eigenvalue weighted by atomic mass is 10.2. The van der Waals surface area contributed by atoms with Crippen LogP contribution < -0.4 is 9.47 Å². The summed E-state index contributed by atoms with van der Waals surface area (Å²) in [6.45, 7) is 5.76. The van der Waals surface area contributed by atoms with Gasteiger partial charge in [-0.3, -0.25) is 0 Å². The molecular weight excluding hydrogens is 460 g/mol. The first-order chi connectivity index (χ1) is 12.7. The van der Waals surface area contributed by atoms with Gasteiger partial charge in [0.2, 0.25) is 11.8 Å².